The van der Waals surface area contributed by atoms with Gasteiger partial charge in [-0.15, -0.1) is 23.2 Å². The summed E-state index contributed by atoms with van der Waals surface area (Å²) in [6.45, 7) is 5.56. The Labute approximate surface area is 95.2 Å². The van der Waals surface area contributed by atoms with Crippen LogP contribution in [-0.2, 0) is 9.53 Å². The molecule has 14 heavy (non-hydrogen) atoms. The maximum absolute atomic E-state index is 10.9. The number of carbonyl (C=O) groups is 1. The van der Waals surface area contributed by atoms with Crippen molar-refractivity contribution >= 4 is 29.2 Å². The molecule has 0 aromatic rings. The number of hydrogen-bond donors (Lipinski definition) is 0. The molecule has 0 amide bonds. The lowest BCUT2D eigenvalue weighted by atomic mass is 10.2. The van der Waals surface area contributed by atoms with E-state index in [0.29, 0.717) is 12.2 Å². The molecule has 0 fully saturated rings. The zero-order valence-electron chi connectivity index (χ0n) is 8.39. The molecular weight excluding hydrogens is 223 g/mol. The van der Waals surface area contributed by atoms with Crippen LogP contribution in [0.4, 0.5) is 0 Å². The molecule has 0 aliphatic rings. The molecule has 0 bridgehead atoms. The van der Waals surface area contributed by atoms with Crippen LogP contribution in [-0.4, -0.2) is 17.4 Å². The van der Waals surface area contributed by atoms with Crippen LogP contribution in [0.1, 0.15) is 32.6 Å². The van der Waals surface area contributed by atoms with Crippen LogP contribution >= 0.6 is 23.2 Å². The van der Waals surface area contributed by atoms with Gasteiger partial charge in [0.25, 0.3) is 0 Å². The maximum atomic E-state index is 10.9. The number of ether oxygens (including phenoxy) is 1. The second kappa shape index (κ2) is 8.13. The van der Waals surface area contributed by atoms with Gasteiger partial charge in [-0.3, -0.25) is 0 Å². The predicted octanol–water partition coefficient (Wildman–Crippen LogP) is 3.47. The number of carbonyl (C=O) groups excluding carboxylic acids is 1. The Hall–Kier alpha value is -0.210. The van der Waals surface area contributed by atoms with Crippen molar-refractivity contribution in [3.8, 4) is 0 Å². The van der Waals surface area contributed by atoms with Crippen molar-refractivity contribution in [3.05, 3.63) is 12.2 Å². The van der Waals surface area contributed by atoms with E-state index in [1.807, 2.05) is 0 Å². The highest BCUT2D eigenvalue weighted by molar-refractivity contribution is 6.44. The maximum Gasteiger partial charge on any atom is 0.333 e. The number of rotatable bonds is 7. The SMILES string of the molecule is C=C(C)C(=O)OCCCCCC(Cl)Cl. The average Bonchev–Trinajstić information content (AvgIpc) is 2.09. The van der Waals surface area contributed by atoms with Crippen LogP contribution in [0.5, 0.6) is 0 Å². The van der Waals surface area contributed by atoms with Gasteiger partial charge in [-0.25, -0.2) is 4.79 Å². The molecule has 0 rings (SSSR count). The van der Waals surface area contributed by atoms with E-state index in [-0.39, 0.29) is 10.8 Å². The summed E-state index contributed by atoms with van der Waals surface area (Å²) in [5, 5.41) is 0. The predicted molar refractivity (Wildman–Crippen MR) is 59.7 cm³/mol. The van der Waals surface area contributed by atoms with Crippen LogP contribution in [0, 0.1) is 0 Å². The van der Waals surface area contributed by atoms with E-state index in [4.69, 9.17) is 27.9 Å². The van der Waals surface area contributed by atoms with Crippen molar-refractivity contribution in [2.24, 2.45) is 0 Å². The molecule has 0 atom stereocenters. The molecule has 0 saturated heterocycles. The van der Waals surface area contributed by atoms with Crippen LogP contribution in [0.15, 0.2) is 12.2 Å². The standard InChI is InChI=1S/C10H16Cl2O2/c1-8(2)10(13)14-7-5-3-4-6-9(11)12/h9H,1,3-7H2,2H3. The number of halogens is 2. The third kappa shape index (κ3) is 8.39. The third-order valence-corrected chi connectivity index (χ3v) is 2.08. The highest BCUT2D eigenvalue weighted by Crippen LogP contribution is 2.12. The minimum absolute atomic E-state index is 0.284. The van der Waals surface area contributed by atoms with Crippen molar-refractivity contribution in [1.29, 1.82) is 0 Å². The van der Waals surface area contributed by atoms with Crippen molar-refractivity contribution < 1.29 is 9.53 Å². The first-order valence-corrected chi connectivity index (χ1v) is 5.52. The lowest BCUT2D eigenvalue weighted by Crippen LogP contribution is -2.06. The molecule has 0 radical (unpaired) electrons. The van der Waals surface area contributed by atoms with Gasteiger partial charge in [0.1, 0.15) is 4.84 Å². The summed E-state index contributed by atoms with van der Waals surface area (Å²) < 4.78 is 4.91. The highest BCUT2D eigenvalue weighted by Gasteiger charge is 2.02. The summed E-state index contributed by atoms with van der Waals surface area (Å²) in [6.07, 6.45) is 3.57. The van der Waals surface area contributed by atoms with Gasteiger partial charge in [0.15, 0.2) is 0 Å². The van der Waals surface area contributed by atoms with Crippen LogP contribution in [0.25, 0.3) is 0 Å². The number of hydrogen-bond acceptors (Lipinski definition) is 2. The highest BCUT2D eigenvalue weighted by atomic mass is 35.5. The van der Waals surface area contributed by atoms with Crippen LogP contribution in [0.3, 0.4) is 0 Å². The Morgan fingerprint density at radius 2 is 2.00 bits per heavy atom. The lowest BCUT2D eigenvalue weighted by Gasteiger charge is -2.04. The van der Waals surface area contributed by atoms with E-state index in [0.717, 1.165) is 25.7 Å². The Bertz CT molecular complexity index is 191. The second-order valence-corrected chi connectivity index (χ2v) is 4.43. The molecule has 0 aromatic heterocycles. The van der Waals surface area contributed by atoms with E-state index < -0.39 is 0 Å². The molecular formula is C10H16Cl2O2. The fourth-order valence-electron chi connectivity index (χ4n) is 0.866. The Morgan fingerprint density at radius 1 is 1.36 bits per heavy atom. The first kappa shape index (κ1) is 13.8. The second-order valence-electron chi connectivity index (χ2n) is 3.16. The average molecular weight is 239 g/mol. The number of esters is 1. The molecule has 0 saturated carbocycles. The minimum Gasteiger partial charge on any atom is -0.462 e. The van der Waals surface area contributed by atoms with Gasteiger partial charge in [-0.1, -0.05) is 13.0 Å². The summed E-state index contributed by atoms with van der Waals surface area (Å²) in [7, 11) is 0. The molecule has 82 valence electrons. The topological polar surface area (TPSA) is 26.3 Å². The van der Waals surface area contributed by atoms with E-state index in [2.05, 4.69) is 6.58 Å². The van der Waals surface area contributed by atoms with Gasteiger partial charge in [0.2, 0.25) is 0 Å². The molecule has 0 heterocycles. The fraction of sp³-hybridized carbons (Fsp3) is 0.700. The Kier molecular flexibility index (Phi) is 8.01. The first-order valence-electron chi connectivity index (χ1n) is 4.65. The summed E-state index contributed by atoms with van der Waals surface area (Å²) in [6, 6.07) is 0. The van der Waals surface area contributed by atoms with Crippen LogP contribution in [0.2, 0.25) is 0 Å². The molecule has 0 N–H and O–H groups in total. The smallest absolute Gasteiger partial charge is 0.333 e. The van der Waals surface area contributed by atoms with Gasteiger partial charge in [-0.05, 0) is 26.2 Å². The zero-order valence-corrected chi connectivity index (χ0v) is 9.90. The third-order valence-electron chi connectivity index (χ3n) is 1.65. The van der Waals surface area contributed by atoms with Gasteiger partial charge in [0, 0.05) is 5.57 Å². The molecule has 0 aliphatic carbocycles. The minimum atomic E-state index is -0.322. The normalized spacial score (nSPS) is 10.3. The number of unbranched alkanes of at least 4 members (excludes halogenated alkanes) is 2. The monoisotopic (exact) mass is 238 g/mol. The van der Waals surface area contributed by atoms with E-state index in [9.17, 15) is 4.79 Å². The van der Waals surface area contributed by atoms with Gasteiger partial charge in [0.05, 0.1) is 6.61 Å². The first-order chi connectivity index (χ1) is 6.54. The summed E-state index contributed by atoms with van der Waals surface area (Å²) >= 11 is 11.1. The van der Waals surface area contributed by atoms with Crippen LogP contribution < -0.4 is 0 Å². The van der Waals surface area contributed by atoms with Gasteiger partial charge in [-0.2, -0.15) is 0 Å². The summed E-state index contributed by atoms with van der Waals surface area (Å²) in [5.74, 6) is -0.322. The summed E-state index contributed by atoms with van der Waals surface area (Å²) in [5.41, 5.74) is 0.437. The van der Waals surface area contributed by atoms with E-state index in [1.165, 1.54) is 0 Å². The molecule has 2 nitrogen and oxygen atoms in total. The van der Waals surface area contributed by atoms with E-state index >= 15 is 0 Å². The Balaban J connectivity index is 3.22. The van der Waals surface area contributed by atoms with Gasteiger partial charge < -0.3 is 4.74 Å². The summed E-state index contributed by atoms with van der Waals surface area (Å²) in [4.78, 5) is 10.6. The molecule has 0 aromatic carbocycles. The van der Waals surface area contributed by atoms with Crippen molar-refractivity contribution in [1.82, 2.24) is 0 Å². The Morgan fingerprint density at radius 3 is 2.50 bits per heavy atom. The largest absolute Gasteiger partial charge is 0.462 e. The zero-order chi connectivity index (χ0) is 11.0. The quantitative estimate of drug-likeness (QED) is 0.294. The molecule has 0 unspecified atom stereocenters. The number of alkyl halides is 2. The lowest BCUT2D eigenvalue weighted by molar-refractivity contribution is -0.139. The molecule has 0 aliphatic heterocycles. The molecule has 4 heteroatoms. The van der Waals surface area contributed by atoms with Gasteiger partial charge >= 0.3 is 5.97 Å². The van der Waals surface area contributed by atoms with E-state index in [1.54, 1.807) is 6.92 Å². The van der Waals surface area contributed by atoms with Crippen molar-refractivity contribution in [3.63, 3.8) is 0 Å². The fourth-order valence-corrected chi connectivity index (χ4v) is 1.17. The van der Waals surface area contributed by atoms with Crippen molar-refractivity contribution in [2.45, 2.75) is 37.4 Å². The molecule has 0 spiro atoms. The van der Waals surface area contributed by atoms with Crippen molar-refractivity contribution in [2.75, 3.05) is 6.61 Å².